The van der Waals surface area contributed by atoms with Gasteiger partial charge in [-0.3, -0.25) is 0 Å². The van der Waals surface area contributed by atoms with Crippen LogP contribution in [-0.4, -0.2) is 28.9 Å². The lowest BCUT2D eigenvalue weighted by Gasteiger charge is -2.28. The van der Waals surface area contributed by atoms with E-state index in [2.05, 4.69) is 4.90 Å². The fraction of sp³-hybridized carbons (Fsp3) is 0.538. The Morgan fingerprint density at radius 1 is 1.44 bits per heavy atom. The second kappa shape index (κ2) is 3.67. The quantitative estimate of drug-likeness (QED) is 0.801. The summed E-state index contributed by atoms with van der Waals surface area (Å²) in [5.74, 6) is 0.316. The second-order valence-corrected chi connectivity index (χ2v) is 5.30. The maximum Gasteiger partial charge on any atom is 0.116 e. The standard InChI is InChI=1S/C13H19NO2/c1-13(2,16)8-10-6-9-7-11(15)4-5-12(9)14(10)3/h4-5,7,10,15-16H,6,8H2,1-3H3. The van der Waals surface area contributed by atoms with Gasteiger partial charge in [0.1, 0.15) is 5.75 Å². The number of aliphatic hydroxyl groups is 1. The summed E-state index contributed by atoms with van der Waals surface area (Å²) in [4.78, 5) is 2.19. The Morgan fingerprint density at radius 3 is 2.75 bits per heavy atom. The second-order valence-electron chi connectivity index (χ2n) is 5.30. The molecule has 0 aliphatic carbocycles. The first-order valence-electron chi connectivity index (χ1n) is 5.64. The molecule has 0 bridgehead atoms. The van der Waals surface area contributed by atoms with Gasteiger partial charge in [-0.25, -0.2) is 0 Å². The molecule has 1 aromatic carbocycles. The van der Waals surface area contributed by atoms with E-state index in [-0.39, 0.29) is 0 Å². The first-order valence-corrected chi connectivity index (χ1v) is 5.64. The third-order valence-corrected chi connectivity index (χ3v) is 3.18. The fourth-order valence-corrected chi connectivity index (χ4v) is 2.45. The zero-order valence-electron chi connectivity index (χ0n) is 10.1. The Labute approximate surface area is 96.3 Å². The highest BCUT2D eigenvalue weighted by molar-refractivity contribution is 5.60. The molecule has 1 heterocycles. The van der Waals surface area contributed by atoms with Crippen LogP contribution in [0.2, 0.25) is 0 Å². The van der Waals surface area contributed by atoms with Gasteiger partial charge in [0.2, 0.25) is 0 Å². The predicted molar refractivity (Wildman–Crippen MR) is 64.9 cm³/mol. The number of hydrogen-bond acceptors (Lipinski definition) is 3. The molecule has 3 nitrogen and oxygen atoms in total. The molecule has 2 rings (SSSR count). The highest BCUT2D eigenvalue weighted by Crippen LogP contribution is 2.35. The summed E-state index contributed by atoms with van der Waals surface area (Å²) >= 11 is 0. The van der Waals surface area contributed by atoms with Gasteiger partial charge < -0.3 is 15.1 Å². The van der Waals surface area contributed by atoms with E-state index in [0.29, 0.717) is 11.8 Å². The highest BCUT2D eigenvalue weighted by atomic mass is 16.3. The topological polar surface area (TPSA) is 43.7 Å². The lowest BCUT2D eigenvalue weighted by molar-refractivity contribution is 0.0639. The maximum absolute atomic E-state index is 9.85. The SMILES string of the molecule is CN1c2ccc(O)cc2CC1CC(C)(C)O. The van der Waals surface area contributed by atoms with Gasteiger partial charge in [0.25, 0.3) is 0 Å². The van der Waals surface area contributed by atoms with E-state index in [1.807, 2.05) is 33.0 Å². The molecule has 3 heteroatoms. The van der Waals surface area contributed by atoms with E-state index in [1.54, 1.807) is 6.07 Å². The number of phenolic OH excluding ortho intramolecular Hbond substituents is 1. The molecule has 1 aliphatic rings. The Kier molecular flexibility index (Phi) is 2.58. The first kappa shape index (κ1) is 11.3. The van der Waals surface area contributed by atoms with E-state index in [1.165, 1.54) is 0 Å². The molecular weight excluding hydrogens is 202 g/mol. The molecule has 0 radical (unpaired) electrons. The number of fused-ring (bicyclic) bond motifs is 1. The van der Waals surface area contributed by atoms with E-state index in [9.17, 15) is 10.2 Å². The first-order chi connectivity index (χ1) is 7.37. The molecule has 0 saturated carbocycles. The van der Waals surface area contributed by atoms with Crippen LogP contribution in [-0.2, 0) is 6.42 Å². The van der Waals surface area contributed by atoms with Crippen molar-refractivity contribution in [3.8, 4) is 5.75 Å². The van der Waals surface area contributed by atoms with Crippen LogP contribution in [0.1, 0.15) is 25.8 Å². The number of benzene rings is 1. The van der Waals surface area contributed by atoms with Gasteiger partial charge in [0, 0.05) is 18.8 Å². The highest BCUT2D eigenvalue weighted by Gasteiger charge is 2.30. The van der Waals surface area contributed by atoms with Crippen molar-refractivity contribution >= 4 is 5.69 Å². The van der Waals surface area contributed by atoms with Crippen LogP contribution in [0.3, 0.4) is 0 Å². The largest absolute Gasteiger partial charge is 0.508 e. The molecule has 0 amide bonds. The van der Waals surface area contributed by atoms with Crippen LogP contribution < -0.4 is 4.90 Å². The molecule has 0 fully saturated rings. The van der Waals surface area contributed by atoms with Crippen LogP contribution in [0.5, 0.6) is 5.75 Å². The summed E-state index contributed by atoms with van der Waals surface area (Å²) in [5.41, 5.74) is 1.67. The fourth-order valence-electron chi connectivity index (χ4n) is 2.45. The summed E-state index contributed by atoms with van der Waals surface area (Å²) in [6, 6.07) is 5.78. The van der Waals surface area contributed by atoms with Gasteiger partial charge in [-0.15, -0.1) is 0 Å². The predicted octanol–water partition coefficient (Wildman–Crippen LogP) is 1.91. The van der Waals surface area contributed by atoms with Crippen molar-refractivity contribution in [3.05, 3.63) is 23.8 Å². The van der Waals surface area contributed by atoms with Crippen molar-refractivity contribution in [1.82, 2.24) is 0 Å². The molecule has 0 saturated heterocycles. The molecule has 1 atom stereocenters. The van der Waals surface area contributed by atoms with Crippen molar-refractivity contribution in [1.29, 1.82) is 0 Å². The summed E-state index contributed by atoms with van der Waals surface area (Å²) < 4.78 is 0. The van der Waals surface area contributed by atoms with Crippen molar-refractivity contribution in [2.45, 2.75) is 38.3 Å². The summed E-state index contributed by atoms with van der Waals surface area (Å²) in [6.07, 6.45) is 1.63. The Hall–Kier alpha value is -1.22. The van der Waals surface area contributed by atoms with Crippen LogP contribution in [0.15, 0.2) is 18.2 Å². The van der Waals surface area contributed by atoms with Gasteiger partial charge in [-0.05, 0) is 50.5 Å². The Balaban J connectivity index is 2.20. The minimum absolute atomic E-state index is 0.316. The van der Waals surface area contributed by atoms with Gasteiger partial charge in [0.05, 0.1) is 5.60 Å². The third kappa shape index (κ3) is 2.14. The monoisotopic (exact) mass is 221 g/mol. The van der Waals surface area contributed by atoms with Crippen molar-refractivity contribution in [2.24, 2.45) is 0 Å². The number of rotatable bonds is 2. The van der Waals surface area contributed by atoms with Gasteiger partial charge in [-0.1, -0.05) is 0 Å². The van der Waals surface area contributed by atoms with Crippen LogP contribution in [0.4, 0.5) is 5.69 Å². The number of aromatic hydroxyl groups is 1. The van der Waals surface area contributed by atoms with Crippen LogP contribution in [0, 0.1) is 0 Å². The molecule has 0 aromatic heterocycles. The third-order valence-electron chi connectivity index (χ3n) is 3.18. The lowest BCUT2D eigenvalue weighted by atomic mass is 9.96. The molecule has 88 valence electrons. The van der Waals surface area contributed by atoms with Crippen LogP contribution >= 0.6 is 0 Å². The average Bonchev–Trinajstić information content (AvgIpc) is 2.40. The molecule has 0 spiro atoms. The van der Waals surface area contributed by atoms with Crippen molar-refractivity contribution < 1.29 is 10.2 Å². The zero-order valence-corrected chi connectivity index (χ0v) is 10.1. The number of anilines is 1. The number of hydrogen-bond donors (Lipinski definition) is 2. The minimum Gasteiger partial charge on any atom is -0.508 e. The Bertz CT molecular complexity index is 395. The summed E-state index contributed by atoms with van der Waals surface area (Å²) in [7, 11) is 2.04. The number of likely N-dealkylation sites (N-methyl/N-ethyl adjacent to an activating group) is 1. The van der Waals surface area contributed by atoms with Gasteiger partial charge >= 0.3 is 0 Å². The summed E-state index contributed by atoms with van der Waals surface area (Å²) in [5, 5.41) is 19.3. The molecule has 16 heavy (non-hydrogen) atoms. The zero-order chi connectivity index (χ0) is 11.9. The maximum atomic E-state index is 9.85. The minimum atomic E-state index is -0.650. The van der Waals surface area contributed by atoms with E-state index in [4.69, 9.17) is 0 Å². The normalized spacial score (nSPS) is 20.0. The number of phenols is 1. The molecule has 1 aromatic rings. The van der Waals surface area contributed by atoms with Gasteiger partial charge in [0.15, 0.2) is 0 Å². The molecular formula is C13H19NO2. The smallest absolute Gasteiger partial charge is 0.116 e. The summed E-state index contributed by atoms with van der Waals surface area (Å²) in [6.45, 7) is 3.67. The van der Waals surface area contributed by atoms with Crippen molar-refractivity contribution in [2.75, 3.05) is 11.9 Å². The van der Waals surface area contributed by atoms with Crippen LogP contribution in [0.25, 0.3) is 0 Å². The average molecular weight is 221 g/mol. The molecule has 1 aliphatic heterocycles. The van der Waals surface area contributed by atoms with Gasteiger partial charge in [-0.2, -0.15) is 0 Å². The molecule has 2 N–H and O–H groups in total. The van der Waals surface area contributed by atoms with E-state index >= 15 is 0 Å². The van der Waals surface area contributed by atoms with Crippen molar-refractivity contribution in [3.63, 3.8) is 0 Å². The lowest BCUT2D eigenvalue weighted by Crippen LogP contribution is -2.35. The van der Waals surface area contributed by atoms with E-state index < -0.39 is 5.60 Å². The Morgan fingerprint density at radius 2 is 2.12 bits per heavy atom. The molecule has 1 unspecified atom stereocenters. The number of nitrogens with zero attached hydrogens (tertiary/aromatic N) is 1. The van der Waals surface area contributed by atoms with E-state index in [0.717, 1.165) is 24.1 Å².